The fraction of sp³-hybridized carbons (Fsp3) is 0.500. The van der Waals surface area contributed by atoms with E-state index in [1.165, 1.54) is 5.56 Å². The Labute approximate surface area is 95.3 Å². The molecule has 0 N–H and O–H groups in total. The third kappa shape index (κ3) is 4.12. The summed E-state index contributed by atoms with van der Waals surface area (Å²) in [6.07, 6.45) is 0. The smallest absolute Gasteiger partial charge is 0.119 e. The Morgan fingerprint density at radius 1 is 1.33 bits per heavy atom. The van der Waals surface area contributed by atoms with E-state index in [1.54, 1.807) is 0 Å². The van der Waals surface area contributed by atoms with E-state index in [-0.39, 0.29) is 5.41 Å². The van der Waals surface area contributed by atoms with Crippen LogP contribution in [0.15, 0.2) is 24.3 Å². The van der Waals surface area contributed by atoms with Crippen LogP contribution < -0.4 is 4.74 Å². The molecule has 0 aliphatic rings. The zero-order valence-corrected chi connectivity index (χ0v) is 10.2. The van der Waals surface area contributed by atoms with E-state index in [2.05, 4.69) is 26.8 Å². The van der Waals surface area contributed by atoms with Gasteiger partial charge in [-0.25, -0.2) is 0 Å². The van der Waals surface area contributed by atoms with Crippen LogP contribution in [0, 0.1) is 0 Å². The fourth-order valence-electron chi connectivity index (χ4n) is 1.24. The van der Waals surface area contributed by atoms with Crippen molar-refractivity contribution in [1.82, 2.24) is 0 Å². The van der Waals surface area contributed by atoms with Gasteiger partial charge in [0.2, 0.25) is 0 Å². The maximum Gasteiger partial charge on any atom is 0.119 e. The fourth-order valence-corrected chi connectivity index (χ4v) is 1.39. The van der Waals surface area contributed by atoms with Gasteiger partial charge in [0, 0.05) is 12.1 Å². The average molecular weight is 228 g/mol. The van der Waals surface area contributed by atoms with Crippen LogP contribution >= 0.6 is 12.1 Å². The highest BCUT2D eigenvalue weighted by molar-refractivity contribution is 7.94. The van der Waals surface area contributed by atoms with Crippen LogP contribution in [-0.2, 0) is 5.41 Å². The summed E-state index contributed by atoms with van der Waals surface area (Å²) in [4.78, 5) is 0. The third-order valence-corrected chi connectivity index (χ3v) is 2.45. The minimum Gasteiger partial charge on any atom is -0.493 e. The van der Waals surface area contributed by atoms with Gasteiger partial charge in [-0.1, -0.05) is 32.9 Å². The van der Waals surface area contributed by atoms with Gasteiger partial charge in [-0.3, -0.25) is 0 Å². The van der Waals surface area contributed by atoms with Gasteiger partial charge in [0.15, 0.2) is 0 Å². The Bertz CT molecular complexity index is 307. The summed E-state index contributed by atoms with van der Waals surface area (Å²) in [6.45, 7) is 6.88. The van der Waals surface area contributed by atoms with Gasteiger partial charge in [-0.05, 0) is 23.1 Å². The second kappa shape index (κ2) is 5.40. The van der Waals surface area contributed by atoms with Crippen molar-refractivity contribution in [2.24, 2.45) is 0 Å². The molecule has 3 heteroatoms. The first-order valence-electron chi connectivity index (χ1n) is 5.01. The van der Waals surface area contributed by atoms with E-state index >= 15 is 0 Å². The monoisotopic (exact) mass is 228 g/mol. The molecular formula is C12H17FOS. The lowest BCUT2D eigenvalue weighted by atomic mass is 9.87. The molecule has 1 aromatic rings. The highest BCUT2D eigenvalue weighted by atomic mass is 32.2. The van der Waals surface area contributed by atoms with Crippen LogP contribution in [0.3, 0.4) is 0 Å². The Morgan fingerprint density at radius 3 is 2.67 bits per heavy atom. The summed E-state index contributed by atoms with van der Waals surface area (Å²) in [5.74, 6) is 1.19. The van der Waals surface area contributed by atoms with E-state index in [0.717, 1.165) is 5.75 Å². The van der Waals surface area contributed by atoms with Gasteiger partial charge in [-0.15, -0.1) is 0 Å². The maximum atomic E-state index is 11.8. The highest BCUT2D eigenvalue weighted by Gasteiger charge is 2.13. The number of halogens is 1. The molecule has 0 saturated carbocycles. The van der Waals surface area contributed by atoms with Gasteiger partial charge in [0.05, 0.1) is 12.4 Å². The second-order valence-electron chi connectivity index (χ2n) is 4.44. The predicted octanol–water partition coefficient (Wildman–Crippen LogP) is 3.98. The molecule has 1 rings (SSSR count). The molecule has 0 amide bonds. The summed E-state index contributed by atoms with van der Waals surface area (Å²) in [6, 6.07) is 7.97. The van der Waals surface area contributed by atoms with Crippen molar-refractivity contribution in [2.75, 3.05) is 12.4 Å². The SMILES string of the molecule is CC(C)(C)c1cccc(OCCSF)c1. The molecule has 0 unspecified atom stereocenters. The zero-order chi connectivity index (χ0) is 11.3. The van der Waals surface area contributed by atoms with Crippen LogP contribution in [0.2, 0.25) is 0 Å². The number of benzene rings is 1. The average Bonchev–Trinajstić information content (AvgIpc) is 2.17. The van der Waals surface area contributed by atoms with Gasteiger partial charge < -0.3 is 4.74 Å². The summed E-state index contributed by atoms with van der Waals surface area (Å²) in [5.41, 5.74) is 1.35. The van der Waals surface area contributed by atoms with E-state index in [9.17, 15) is 3.89 Å². The lowest BCUT2D eigenvalue weighted by molar-refractivity contribution is 0.342. The predicted molar refractivity (Wildman–Crippen MR) is 64.2 cm³/mol. The lowest BCUT2D eigenvalue weighted by Gasteiger charge is -2.19. The molecule has 1 aromatic carbocycles. The van der Waals surface area contributed by atoms with Crippen molar-refractivity contribution in [2.45, 2.75) is 26.2 Å². The van der Waals surface area contributed by atoms with Gasteiger partial charge in [-0.2, -0.15) is 3.89 Å². The quantitative estimate of drug-likeness (QED) is 0.721. The molecule has 0 radical (unpaired) electrons. The van der Waals surface area contributed by atoms with E-state index in [0.29, 0.717) is 24.5 Å². The molecule has 15 heavy (non-hydrogen) atoms. The first kappa shape index (κ1) is 12.4. The third-order valence-electron chi connectivity index (χ3n) is 2.13. The number of ether oxygens (including phenoxy) is 1. The van der Waals surface area contributed by atoms with Gasteiger partial charge in [0.1, 0.15) is 5.75 Å². The lowest BCUT2D eigenvalue weighted by Crippen LogP contribution is -2.11. The molecule has 0 bridgehead atoms. The topological polar surface area (TPSA) is 9.23 Å². The first-order valence-corrected chi connectivity index (χ1v) is 5.89. The van der Waals surface area contributed by atoms with Crippen LogP contribution in [0.1, 0.15) is 26.3 Å². The molecular weight excluding hydrogens is 211 g/mol. The molecule has 0 heterocycles. The van der Waals surface area contributed by atoms with Crippen LogP contribution in [-0.4, -0.2) is 12.4 Å². The summed E-state index contributed by atoms with van der Waals surface area (Å²) in [7, 11) is 0. The summed E-state index contributed by atoms with van der Waals surface area (Å²) in [5, 5.41) is 0. The second-order valence-corrected chi connectivity index (χ2v) is 5.07. The minimum absolute atomic E-state index is 0.119. The zero-order valence-electron chi connectivity index (χ0n) is 9.42. The van der Waals surface area contributed by atoms with E-state index in [4.69, 9.17) is 4.74 Å². The van der Waals surface area contributed by atoms with Crippen molar-refractivity contribution in [3.8, 4) is 5.75 Å². The van der Waals surface area contributed by atoms with Crippen LogP contribution in [0.25, 0.3) is 0 Å². The number of hydrogen-bond donors (Lipinski definition) is 0. The van der Waals surface area contributed by atoms with Crippen LogP contribution in [0.5, 0.6) is 5.75 Å². The Morgan fingerprint density at radius 2 is 2.07 bits per heavy atom. The molecule has 0 atom stereocenters. The Balaban J connectivity index is 2.66. The largest absolute Gasteiger partial charge is 0.493 e. The highest BCUT2D eigenvalue weighted by Crippen LogP contribution is 2.25. The van der Waals surface area contributed by atoms with Gasteiger partial charge in [0.25, 0.3) is 0 Å². The molecule has 0 saturated heterocycles. The van der Waals surface area contributed by atoms with Crippen molar-refractivity contribution in [3.63, 3.8) is 0 Å². The van der Waals surface area contributed by atoms with Gasteiger partial charge >= 0.3 is 0 Å². The molecule has 0 spiro atoms. The number of rotatable bonds is 4. The van der Waals surface area contributed by atoms with Crippen molar-refractivity contribution >= 4 is 12.1 Å². The van der Waals surface area contributed by atoms with E-state index < -0.39 is 0 Å². The van der Waals surface area contributed by atoms with Crippen molar-refractivity contribution in [1.29, 1.82) is 0 Å². The molecule has 0 fully saturated rings. The molecule has 1 nitrogen and oxygen atoms in total. The molecule has 84 valence electrons. The van der Waals surface area contributed by atoms with Crippen LogP contribution in [0.4, 0.5) is 3.89 Å². The first-order chi connectivity index (χ1) is 7.04. The minimum atomic E-state index is 0.119. The Hall–Kier alpha value is -0.700. The maximum absolute atomic E-state index is 11.8. The summed E-state index contributed by atoms with van der Waals surface area (Å²) >= 11 is 0.306. The molecule has 0 aromatic heterocycles. The summed E-state index contributed by atoms with van der Waals surface area (Å²) < 4.78 is 17.2. The van der Waals surface area contributed by atoms with Crippen molar-refractivity contribution in [3.05, 3.63) is 29.8 Å². The standard InChI is InChI=1S/C12H17FOS/c1-12(2,3)10-5-4-6-11(9-10)14-7-8-15-13/h4-6,9H,7-8H2,1-3H3. The molecule has 0 aliphatic carbocycles. The normalized spacial score (nSPS) is 11.5. The van der Waals surface area contributed by atoms with E-state index in [1.807, 2.05) is 18.2 Å². The molecule has 0 aliphatic heterocycles. The Kier molecular flexibility index (Phi) is 4.45. The number of hydrogen-bond acceptors (Lipinski definition) is 2. The van der Waals surface area contributed by atoms with Crippen molar-refractivity contribution < 1.29 is 8.62 Å².